The summed E-state index contributed by atoms with van der Waals surface area (Å²) in [6, 6.07) is 9.09. The molecule has 4 atom stereocenters. The summed E-state index contributed by atoms with van der Waals surface area (Å²) in [6.07, 6.45) is 0.953. The fourth-order valence-corrected chi connectivity index (χ4v) is 3.45. The molecule has 3 heterocycles. The number of carbonyl (C=O) groups is 1. The van der Waals surface area contributed by atoms with E-state index in [1.807, 2.05) is 19.1 Å². The molecule has 2 N–H and O–H groups in total. The Morgan fingerprint density at radius 2 is 2.00 bits per heavy atom. The van der Waals surface area contributed by atoms with Gasteiger partial charge in [-0.25, -0.2) is 9.18 Å². The molecule has 0 unspecified atom stereocenters. The third-order valence-electron chi connectivity index (χ3n) is 4.93. The van der Waals surface area contributed by atoms with Crippen LogP contribution in [0.15, 0.2) is 42.6 Å². The number of benzene rings is 1. The molecule has 1 aromatic heterocycles. The average molecular weight is 387 g/mol. The van der Waals surface area contributed by atoms with Crippen LogP contribution in [-0.4, -0.2) is 48.6 Å². The van der Waals surface area contributed by atoms with Gasteiger partial charge in [0.1, 0.15) is 23.8 Å². The van der Waals surface area contributed by atoms with Gasteiger partial charge in [-0.2, -0.15) is 0 Å². The summed E-state index contributed by atoms with van der Waals surface area (Å²) >= 11 is 0. The quantitative estimate of drug-likeness (QED) is 0.820. The fourth-order valence-electron chi connectivity index (χ4n) is 3.45. The van der Waals surface area contributed by atoms with Crippen molar-refractivity contribution in [2.24, 2.45) is 0 Å². The number of pyridine rings is 1. The molecule has 8 heteroatoms. The fraction of sp³-hybridized carbons (Fsp3) is 0.400. The van der Waals surface area contributed by atoms with Gasteiger partial charge in [-0.1, -0.05) is 12.1 Å². The SMILES string of the molecule is Cc1ncccc1O[C@H]1CO[C@H]2[C@@H]1OC[C@@H]2NC(=O)NCc1ccc(F)cc1. The van der Waals surface area contributed by atoms with Crippen molar-refractivity contribution in [3.63, 3.8) is 0 Å². The van der Waals surface area contributed by atoms with E-state index in [0.717, 1.165) is 11.3 Å². The van der Waals surface area contributed by atoms with Crippen molar-refractivity contribution >= 4 is 6.03 Å². The van der Waals surface area contributed by atoms with E-state index >= 15 is 0 Å². The first-order valence-electron chi connectivity index (χ1n) is 9.20. The molecule has 28 heavy (non-hydrogen) atoms. The lowest BCUT2D eigenvalue weighted by molar-refractivity contribution is 0.0299. The lowest BCUT2D eigenvalue weighted by Gasteiger charge is -2.19. The number of aromatic nitrogens is 1. The van der Waals surface area contributed by atoms with Crippen LogP contribution in [0.4, 0.5) is 9.18 Å². The van der Waals surface area contributed by atoms with Gasteiger partial charge in [0.05, 0.1) is 24.9 Å². The summed E-state index contributed by atoms with van der Waals surface area (Å²) in [4.78, 5) is 16.4. The molecule has 2 aromatic rings. The molecule has 0 radical (unpaired) electrons. The maximum atomic E-state index is 12.9. The number of amides is 2. The van der Waals surface area contributed by atoms with Gasteiger partial charge in [-0.15, -0.1) is 0 Å². The Balaban J connectivity index is 1.29. The number of fused-ring (bicyclic) bond motifs is 1. The van der Waals surface area contributed by atoms with Crippen LogP contribution in [-0.2, 0) is 16.0 Å². The predicted octanol–water partition coefficient (Wildman–Crippen LogP) is 1.94. The number of halogens is 1. The van der Waals surface area contributed by atoms with Crippen molar-refractivity contribution in [3.8, 4) is 5.75 Å². The predicted molar refractivity (Wildman–Crippen MR) is 98.4 cm³/mol. The number of urea groups is 1. The monoisotopic (exact) mass is 387 g/mol. The summed E-state index contributed by atoms with van der Waals surface area (Å²) in [5.41, 5.74) is 1.62. The Morgan fingerprint density at radius 3 is 2.79 bits per heavy atom. The second-order valence-electron chi connectivity index (χ2n) is 6.90. The second-order valence-corrected chi connectivity index (χ2v) is 6.90. The first kappa shape index (κ1) is 18.6. The molecule has 2 aliphatic heterocycles. The average Bonchev–Trinajstić information content (AvgIpc) is 3.27. The van der Waals surface area contributed by atoms with Crippen molar-refractivity contribution in [1.82, 2.24) is 15.6 Å². The van der Waals surface area contributed by atoms with Gasteiger partial charge in [-0.05, 0) is 36.8 Å². The van der Waals surface area contributed by atoms with E-state index in [2.05, 4.69) is 15.6 Å². The van der Waals surface area contributed by atoms with Gasteiger partial charge >= 0.3 is 6.03 Å². The van der Waals surface area contributed by atoms with E-state index in [0.29, 0.717) is 25.5 Å². The van der Waals surface area contributed by atoms with Crippen molar-refractivity contribution in [1.29, 1.82) is 0 Å². The highest BCUT2D eigenvalue weighted by molar-refractivity contribution is 5.74. The molecule has 1 aromatic carbocycles. The smallest absolute Gasteiger partial charge is 0.315 e. The zero-order valence-electron chi connectivity index (χ0n) is 15.4. The standard InChI is InChI=1S/C20H22FN3O4/c1-12-16(3-2-8-22-12)28-17-11-27-18-15(10-26-19(17)18)24-20(25)23-9-13-4-6-14(21)7-5-13/h2-8,15,17-19H,9-11H2,1H3,(H2,23,24,25)/t15-,17-,18+,19+/m0/s1. The maximum absolute atomic E-state index is 12.9. The van der Waals surface area contributed by atoms with Gasteiger partial charge in [0.25, 0.3) is 0 Å². The lowest BCUT2D eigenvalue weighted by atomic mass is 10.1. The maximum Gasteiger partial charge on any atom is 0.315 e. The molecule has 148 valence electrons. The minimum atomic E-state index is -0.324. The molecular weight excluding hydrogens is 365 g/mol. The number of hydrogen-bond donors (Lipinski definition) is 2. The summed E-state index contributed by atoms with van der Waals surface area (Å²) in [7, 11) is 0. The van der Waals surface area contributed by atoms with Crippen LogP contribution in [0.5, 0.6) is 5.75 Å². The lowest BCUT2D eigenvalue weighted by Crippen LogP contribution is -2.48. The highest BCUT2D eigenvalue weighted by atomic mass is 19.1. The Kier molecular flexibility index (Phi) is 5.40. The van der Waals surface area contributed by atoms with Crippen LogP contribution in [0.3, 0.4) is 0 Å². The Morgan fingerprint density at radius 1 is 1.21 bits per heavy atom. The van der Waals surface area contributed by atoms with E-state index in [-0.39, 0.29) is 36.2 Å². The van der Waals surface area contributed by atoms with Gasteiger partial charge < -0.3 is 24.8 Å². The van der Waals surface area contributed by atoms with Gasteiger partial charge in [0, 0.05) is 12.7 Å². The number of nitrogens with one attached hydrogen (secondary N) is 2. The van der Waals surface area contributed by atoms with Crippen LogP contribution >= 0.6 is 0 Å². The summed E-state index contributed by atoms with van der Waals surface area (Å²) in [5.74, 6) is 0.396. The minimum Gasteiger partial charge on any atom is -0.483 e. The molecule has 0 saturated carbocycles. The number of hydrogen-bond acceptors (Lipinski definition) is 5. The minimum absolute atomic E-state index is 0.248. The second kappa shape index (κ2) is 8.12. The first-order chi connectivity index (χ1) is 13.6. The molecule has 0 bridgehead atoms. The molecule has 0 spiro atoms. The van der Waals surface area contributed by atoms with Crippen LogP contribution in [0, 0.1) is 12.7 Å². The van der Waals surface area contributed by atoms with Crippen molar-refractivity contribution in [2.45, 2.75) is 37.8 Å². The Bertz CT molecular complexity index is 832. The number of nitrogens with zero attached hydrogens (tertiary/aromatic N) is 1. The van der Waals surface area contributed by atoms with E-state index in [1.54, 1.807) is 18.3 Å². The van der Waals surface area contributed by atoms with Crippen molar-refractivity contribution < 1.29 is 23.4 Å². The van der Waals surface area contributed by atoms with Gasteiger partial charge in [0.15, 0.2) is 6.10 Å². The van der Waals surface area contributed by atoms with Crippen LogP contribution < -0.4 is 15.4 Å². The zero-order valence-corrected chi connectivity index (χ0v) is 15.4. The third kappa shape index (κ3) is 4.07. The highest BCUT2D eigenvalue weighted by Gasteiger charge is 2.49. The molecular formula is C20H22FN3O4. The summed E-state index contributed by atoms with van der Waals surface area (Å²) < 4.78 is 30.6. The van der Waals surface area contributed by atoms with E-state index in [9.17, 15) is 9.18 Å². The molecule has 2 fully saturated rings. The first-order valence-corrected chi connectivity index (χ1v) is 9.20. The molecule has 7 nitrogen and oxygen atoms in total. The van der Waals surface area contributed by atoms with E-state index in [1.165, 1.54) is 12.1 Å². The number of rotatable bonds is 5. The number of aryl methyl sites for hydroxylation is 1. The van der Waals surface area contributed by atoms with Gasteiger partial charge in [0.2, 0.25) is 0 Å². The molecule has 2 amide bonds. The largest absolute Gasteiger partial charge is 0.483 e. The highest BCUT2D eigenvalue weighted by Crippen LogP contribution is 2.30. The third-order valence-corrected chi connectivity index (χ3v) is 4.93. The van der Waals surface area contributed by atoms with Crippen LogP contribution in [0.25, 0.3) is 0 Å². The molecule has 2 saturated heterocycles. The van der Waals surface area contributed by atoms with Crippen molar-refractivity contribution in [3.05, 3.63) is 59.7 Å². The zero-order chi connectivity index (χ0) is 19.5. The Labute approximate surface area is 162 Å². The molecule has 4 rings (SSSR count). The van der Waals surface area contributed by atoms with Crippen LogP contribution in [0.1, 0.15) is 11.3 Å². The molecule has 2 aliphatic rings. The van der Waals surface area contributed by atoms with Crippen molar-refractivity contribution in [2.75, 3.05) is 13.2 Å². The topological polar surface area (TPSA) is 81.7 Å². The molecule has 0 aliphatic carbocycles. The number of ether oxygens (including phenoxy) is 3. The van der Waals surface area contributed by atoms with Gasteiger partial charge in [-0.3, -0.25) is 4.98 Å². The van der Waals surface area contributed by atoms with E-state index in [4.69, 9.17) is 14.2 Å². The summed E-state index contributed by atoms with van der Waals surface area (Å²) in [5, 5.41) is 5.65. The normalized spacial score (nSPS) is 25.9. The Hall–Kier alpha value is -2.71. The van der Waals surface area contributed by atoms with E-state index < -0.39 is 0 Å². The van der Waals surface area contributed by atoms with Crippen LogP contribution in [0.2, 0.25) is 0 Å². The summed E-state index contributed by atoms with van der Waals surface area (Å²) in [6.45, 7) is 2.93. The number of carbonyl (C=O) groups excluding carboxylic acids is 1.